The van der Waals surface area contributed by atoms with Gasteiger partial charge in [-0.1, -0.05) is 24.3 Å². The van der Waals surface area contributed by atoms with Gasteiger partial charge >= 0.3 is 5.97 Å². The molecule has 1 heterocycles. The number of ether oxygens (including phenoxy) is 2. The van der Waals surface area contributed by atoms with Crippen LogP contribution in [0, 0.1) is 6.92 Å². The van der Waals surface area contributed by atoms with Gasteiger partial charge in [-0.2, -0.15) is 0 Å². The largest absolute Gasteiger partial charge is 0.497 e. The Kier molecular flexibility index (Phi) is 5.65. The zero-order chi connectivity index (χ0) is 20.1. The predicted molar refractivity (Wildman–Crippen MR) is 102 cm³/mol. The monoisotopic (exact) mass is 383 g/mol. The molecule has 146 valence electrons. The van der Waals surface area contributed by atoms with Gasteiger partial charge < -0.3 is 24.3 Å². The standard InChI is InChI=1S/C21H21NO6/c1-14-5-3-4-6-15(14)11-27-12-21(20(24)25,22-13-23)19-10-16-9-17(26-2)7-8-18(16)28-19/h3-10,13H,11-12H2,1-2H3,(H,22,23)(H,24,25)/t21-/m0/s1. The Labute approximate surface area is 161 Å². The summed E-state index contributed by atoms with van der Waals surface area (Å²) < 4.78 is 16.6. The number of benzene rings is 2. The second kappa shape index (κ2) is 8.14. The van der Waals surface area contributed by atoms with Gasteiger partial charge in [-0.25, -0.2) is 4.79 Å². The molecule has 1 amide bonds. The minimum Gasteiger partial charge on any atom is -0.497 e. The number of hydrogen-bond acceptors (Lipinski definition) is 5. The molecule has 0 fully saturated rings. The fourth-order valence-electron chi connectivity index (χ4n) is 2.96. The lowest BCUT2D eigenvalue weighted by atomic mass is 9.97. The lowest BCUT2D eigenvalue weighted by Gasteiger charge is -2.26. The first-order chi connectivity index (χ1) is 13.5. The highest BCUT2D eigenvalue weighted by Gasteiger charge is 2.44. The van der Waals surface area contributed by atoms with Crippen LogP contribution in [-0.2, 0) is 26.5 Å². The van der Waals surface area contributed by atoms with E-state index in [9.17, 15) is 14.7 Å². The van der Waals surface area contributed by atoms with Crippen LogP contribution in [0.3, 0.4) is 0 Å². The van der Waals surface area contributed by atoms with Crippen molar-refractivity contribution >= 4 is 23.3 Å². The third kappa shape index (κ3) is 3.70. The van der Waals surface area contributed by atoms with Crippen molar-refractivity contribution in [3.8, 4) is 5.75 Å². The van der Waals surface area contributed by atoms with E-state index in [0.717, 1.165) is 11.1 Å². The molecule has 0 saturated carbocycles. The summed E-state index contributed by atoms with van der Waals surface area (Å²) in [5.41, 5.74) is 0.592. The SMILES string of the molecule is COc1ccc2oc([C@](COCc3ccccc3C)(NC=O)C(=O)O)cc2c1. The first-order valence-corrected chi connectivity index (χ1v) is 8.65. The Morgan fingerprint density at radius 2 is 2.04 bits per heavy atom. The Morgan fingerprint density at radius 3 is 2.71 bits per heavy atom. The van der Waals surface area contributed by atoms with Crippen molar-refractivity contribution in [1.82, 2.24) is 5.32 Å². The molecular formula is C21H21NO6. The highest BCUT2D eigenvalue weighted by Crippen LogP contribution is 2.31. The second-order valence-electron chi connectivity index (χ2n) is 6.41. The van der Waals surface area contributed by atoms with Crippen LogP contribution >= 0.6 is 0 Å². The topological polar surface area (TPSA) is 98.0 Å². The maximum Gasteiger partial charge on any atom is 0.339 e. The summed E-state index contributed by atoms with van der Waals surface area (Å²) in [6.07, 6.45) is 0.332. The molecule has 1 atom stereocenters. The van der Waals surface area contributed by atoms with E-state index < -0.39 is 11.5 Å². The lowest BCUT2D eigenvalue weighted by molar-refractivity contribution is -0.151. The highest BCUT2D eigenvalue weighted by molar-refractivity contribution is 5.86. The fourth-order valence-corrected chi connectivity index (χ4v) is 2.96. The van der Waals surface area contributed by atoms with Crippen molar-refractivity contribution in [2.24, 2.45) is 0 Å². The molecule has 0 saturated heterocycles. The molecule has 0 aliphatic rings. The van der Waals surface area contributed by atoms with Gasteiger partial charge in [0.15, 0.2) is 0 Å². The highest BCUT2D eigenvalue weighted by atomic mass is 16.5. The zero-order valence-corrected chi connectivity index (χ0v) is 15.6. The molecule has 0 spiro atoms. The van der Waals surface area contributed by atoms with E-state index in [1.54, 1.807) is 24.3 Å². The normalized spacial score (nSPS) is 13.1. The molecule has 1 aromatic heterocycles. The Bertz CT molecular complexity index is 995. The predicted octanol–water partition coefficient (Wildman–Crippen LogP) is 2.99. The first kappa shape index (κ1) is 19.4. The molecule has 2 aromatic carbocycles. The molecule has 7 nitrogen and oxygen atoms in total. The van der Waals surface area contributed by atoms with E-state index in [1.807, 2.05) is 31.2 Å². The summed E-state index contributed by atoms with van der Waals surface area (Å²) in [5.74, 6) is -0.601. The molecule has 3 rings (SSSR count). The molecule has 3 aromatic rings. The van der Waals surface area contributed by atoms with Crippen LogP contribution in [0.2, 0.25) is 0 Å². The van der Waals surface area contributed by atoms with Gasteiger partial charge in [0.1, 0.15) is 17.1 Å². The van der Waals surface area contributed by atoms with Crippen LogP contribution in [0.1, 0.15) is 16.9 Å². The number of amides is 1. The van der Waals surface area contributed by atoms with Crippen LogP contribution < -0.4 is 10.1 Å². The van der Waals surface area contributed by atoms with Crippen molar-refractivity contribution in [3.05, 3.63) is 65.4 Å². The number of aryl methyl sites for hydroxylation is 1. The number of methoxy groups -OCH3 is 1. The summed E-state index contributed by atoms with van der Waals surface area (Å²) in [6.45, 7) is 1.85. The van der Waals surface area contributed by atoms with Gasteiger partial charge in [0.2, 0.25) is 11.9 Å². The van der Waals surface area contributed by atoms with Crippen LogP contribution in [-0.4, -0.2) is 31.2 Å². The molecule has 0 unspecified atom stereocenters. The minimum absolute atomic E-state index is 0.0696. The van der Waals surface area contributed by atoms with Gasteiger partial charge in [0, 0.05) is 5.39 Å². The van der Waals surface area contributed by atoms with E-state index in [0.29, 0.717) is 23.1 Å². The van der Waals surface area contributed by atoms with Crippen LogP contribution in [0.4, 0.5) is 0 Å². The number of rotatable bonds is 9. The fraction of sp³-hybridized carbons (Fsp3) is 0.238. The van der Waals surface area contributed by atoms with E-state index >= 15 is 0 Å². The average molecular weight is 383 g/mol. The average Bonchev–Trinajstić information content (AvgIpc) is 3.12. The number of carboxylic acids is 1. The van der Waals surface area contributed by atoms with Gasteiger partial charge in [0.05, 0.1) is 20.3 Å². The number of nitrogens with one attached hydrogen (secondary N) is 1. The smallest absolute Gasteiger partial charge is 0.339 e. The molecule has 2 N–H and O–H groups in total. The molecule has 0 bridgehead atoms. The maximum atomic E-state index is 12.1. The summed E-state index contributed by atoms with van der Waals surface area (Å²) >= 11 is 0. The quantitative estimate of drug-likeness (QED) is 0.551. The summed E-state index contributed by atoms with van der Waals surface area (Å²) in [4.78, 5) is 23.3. The maximum absolute atomic E-state index is 12.1. The number of furan rings is 1. The van der Waals surface area contributed by atoms with Crippen molar-refractivity contribution in [3.63, 3.8) is 0 Å². The number of carboxylic acid groups (broad SMARTS) is 1. The second-order valence-corrected chi connectivity index (χ2v) is 6.41. The Morgan fingerprint density at radius 1 is 1.25 bits per heavy atom. The Balaban J connectivity index is 1.92. The summed E-state index contributed by atoms with van der Waals surface area (Å²) in [6, 6.07) is 14.3. The Hall–Kier alpha value is -3.32. The third-order valence-electron chi connectivity index (χ3n) is 4.65. The van der Waals surface area contributed by atoms with Gasteiger partial charge in [-0.15, -0.1) is 0 Å². The van der Waals surface area contributed by atoms with E-state index in [2.05, 4.69) is 5.32 Å². The van der Waals surface area contributed by atoms with Crippen molar-refractivity contribution in [2.45, 2.75) is 19.1 Å². The summed E-state index contributed by atoms with van der Waals surface area (Å²) in [5, 5.41) is 12.9. The number of fused-ring (bicyclic) bond motifs is 1. The van der Waals surface area contributed by atoms with Gasteiger partial charge in [-0.05, 0) is 42.3 Å². The third-order valence-corrected chi connectivity index (χ3v) is 4.65. The van der Waals surface area contributed by atoms with E-state index in [4.69, 9.17) is 13.9 Å². The van der Waals surface area contributed by atoms with Crippen molar-refractivity contribution < 1.29 is 28.6 Å². The lowest BCUT2D eigenvalue weighted by Crippen LogP contribution is -2.52. The van der Waals surface area contributed by atoms with Gasteiger partial charge in [0.25, 0.3) is 0 Å². The summed E-state index contributed by atoms with van der Waals surface area (Å²) in [7, 11) is 1.54. The first-order valence-electron chi connectivity index (χ1n) is 8.65. The van der Waals surface area contributed by atoms with Crippen molar-refractivity contribution in [1.29, 1.82) is 0 Å². The molecule has 0 radical (unpaired) electrons. The number of carbonyl (C=O) groups is 2. The zero-order valence-electron chi connectivity index (χ0n) is 15.6. The molecule has 0 aliphatic carbocycles. The van der Waals surface area contributed by atoms with Gasteiger partial charge in [-0.3, -0.25) is 4.79 Å². The number of hydrogen-bond donors (Lipinski definition) is 2. The number of carbonyl (C=O) groups excluding carboxylic acids is 1. The minimum atomic E-state index is -1.85. The molecule has 7 heteroatoms. The van der Waals surface area contributed by atoms with Crippen LogP contribution in [0.25, 0.3) is 11.0 Å². The molecular weight excluding hydrogens is 362 g/mol. The molecule has 0 aliphatic heterocycles. The number of aliphatic carboxylic acids is 1. The molecule has 28 heavy (non-hydrogen) atoms. The van der Waals surface area contributed by atoms with E-state index in [-0.39, 0.29) is 19.0 Å². The van der Waals surface area contributed by atoms with E-state index in [1.165, 1.54) is 7.11 Å². The van der Waals surface area contributed by atoms with Crippen LogP contribution in [0.15, 0.2) is 52.9 Å². The van der Waals surface area contributed by atoms with Crippen molar-refractivity contribution in [2.75, 3.05) is 13.7 Å². The van der Waals surface area contributed by atoms with Crippen LogP contribution in [0.5, 0.6) is 5.75 Å².